The smallest absolute Gasteiger partial charge is 0.244 e. The van der Waals surface area contributed by atoms with Crippen LogP contribution < -0.4 is 0 Å². The van der Waals surface area contributed by atoms with E-state index in [2.05, 4.69) is 10.1 Å². The molecule has 32 heavy (non-hydrogen) atoms. The molecule has 1 atom stereocenters. The van der Waals surface area contributed by atoms with Gasteiger partial charge in [0.15, 0.2) is 0 Å². The van der Waals surface area contributed by atoms with Crippen molar-refractivity contribution in [3.8, 4) is 10.7 Å². The number of aryl methyl sites for hydroxylation is 1. The molecule has 0 bridgehead atoms. The van der Waals surface area contributed by atoms with Crippen LogP contribution in [0, 0.1) is 12.8 Å². The Bertz CT molecular complexity index is 1090. The van der Waals surface area contributed by atoms with Gasteiger partial charge in [0.2, 0.25) is 27.6 Å². The Hall–Kier alpha value is -1.82. The molecule has 0 radical (unpaired) electrons. The lowest BCUT2D eigenvalue weighted by atomic mass is 9.85. The van der Waals surface area contributed by atoms with Crippen molar-refractivity contribution in [3.63, 3.8) is 0 Å². The maximum Gasteiger partial charge on any atom is 0.244 e. The summed E-state index contributed by atoms with van der Waals surface area (Å²) >= 11 is 1.36. The van der Waals surface area contributed by atoms with Gasteiger partial charge in [0.25, 0.3) is 0 Å². The number of rotatable bonds is 5. The molecule has 9 nitrogen and oxygen atoms in total. The van der Waals surface area contributed by atoms with Crippen molar-refractivity contribution in [2.24, 2.45) is 5.92 Å². The zero-order valence-corrected chi connectivity index (χ0v) is 19.8. The molecule has 1 aliphatic carbocycles. The van der Waals surface area contributed by atoms with E-state index in [4.69, 9.17) is 9.26 Å². The largest absolute Gasteiger partial charge is 0.378 e. The standard InChI is InChI=1S/C21H28N4O5S2/c1-14-18(12-17(31-14)19-22-20(30-23-19)15-4-2-5-15)32(27,28)25-7-3-6-16(13-25)21(26)24-8-10-29-11-9-24/h12,15-16H,2-11,13H2,1H3/t16-/m0/s1. The Morgan fingerprint density at radius 1 is 1.16 bits per heavy atom. The molecule has 2 aromatic heterocycles. The molecule has 2 aromatic rings. The number of ether oxygens (including phenoxy) is 1. The molecule has 174 valence electrons. The Kier molecular flexibility index (Phi) is 6.08. The van der Waals surface area contributed by atoms with E-state index >= 15 is 0 Å². The SMILES string of the molecule is Cc1sc(-c2noc(C3CCC3)n2)cc1S(=O)(=O)N1CCC[C@H](C(=O)N2CCOCC2)C1. The first-order valence-electron chi connectivity index (χ1n) is 11.2. The van der Waals surface area contributed by atoms with Crippen molar-refractivity contribution in [3.05, 3.63) is 16.8 Å². The first-order chi connectivity index (χ1) is 15.4. The number of sulfonamides is 1. The van der Waals surface area contributed by atoms with Crippen LogP contribution in [-0.4, -0.2) is 73.1 Å². The average molecular weight is 481 g/mol. The Morgan fingerprint density at radius 3 is 2.66 bits per heavy atom. The van der Waals surface area contributed by atoms with E-state index in [0.29, 0.717) is 73.1 Å². The maximum atomic E-state index is 13.5. The first-order valence-corrected chi connectivity index (χ1v) is 13.5. The van der Waals surface area contributed by atoms with Crippen LogP contribution in [0.4, 0.5) is 0 Å². The molecule has 5 rings (SSSR count). The quantitative estimate of drug-likeness (QED) is 0.648. The van der Waals surface area contributed by atoms with E-state index in [1.54, 1.807) is 17.9 Å². The Balaban J connectivity index is 1.33. The summed E-state index contributed by atoms with van der Waals surface area (Å²) in [5.41, 5.74) is 0. The average Bonchev–Trinajstić information content (AvgIpc) is 3.40. The fraction of sp³-hybridized carbons (Fsp3) is 0.667. The van der Waals surface area contributed by atoms with Crippen molar-refractivity contribution in [1.29, 1.82) is 0 Å². The normalized spacial score (nSPS) is 23.3. The van der Waals surface area contributed by atoms with Crippen molar-refractivity contribution in [1.82, 2.24) is 19.3 Å². The van der Waals surface area contributed by atoms with Gasteiger partial charge in [-0.05, 0) is 38.7 Å². The summed E-state index contributed by atoms with van der Waals surface area (Å²) in [7, 11) is -3.72. The monoisotopic (exact) mass is 480 g/mol. The van der Waals surface area contributed by atoms with Crippen LogP contribution in [0.5, 0.6) is 0 Å². The van der Waals surface area contributed by atoms with Crippen molar-refractivity contribution >= 4 is 27.3 Å². The fourth-order valence-corrected chi connectivity index (χ4v) is 7.54. The second-order valence-corrected chi connectivity index (χ2v) is 11.9. The van der Waals surface area contributed by atoms with Gasteiger partial charge in [0.05, 0.1) is 28.9 Å². The predicted octanol–water partition coefficient (Wildman–Crippen LogP) is 2.63. The van der Waals surface area contributed by atoms with Gasteiger partial charge < -0.3 is 14.2 Å². The van der Waals surface area contributed by atoms with Crippen molar-refractivity contribution < 1.29 is 22.5 Å². The van der Waals surface area contributed by atoms with Crippen LogP contribution in [0.15, 0.2) is 15.5 Å². The predicted molar refractivity (Wildman–Crippen MR) is 118 cm³/mol. The number of morpholine rings is 1. The molecule has 2 saturated heterocycles. The zero-order chi connectivity index (χ0) is 22.3. The highest BCUT2D eigenvalue weighted by atomic mass is 32.2. The van der Waals surface area contributed by atoms with Crippen molar-refractivity contribution in [2.75, 3.05) is 39.4 Å². The van der Waals surface area contributed by atoms with E-state index in [1.807, 2.05) is 0 Å². The minimum atomic E-state index is -3.72. The highest BCUT2D eigenvalue weighted by Crippen LogP contribution is 2.38. The molecule has 1 amide bonds. The zero-order valence-electron chi connectivity index (χ0n) is 18.2. The van der Waals surface area contributed by atoms with Gasteiger partial charge in [-0.15, -0.1) is 11.3 Å². The summed E-state index contributed by atoms with van der Waals surface area (Å²) in [4.78, 5) is 20.9. The topological polar surface area (TPSA) is 106 Å². The van der Waals surface area contributed by atoms with Crippen molar-refractivity contribution in [2.45, 2.75) is 49.8 Å². The van der Waals surface area contributed by atoms with Crippen LogP contribution in [-0.2, 0) is 19.6 Å². The molecular formula is C21H28N4O5S2. The third kappa shape index (κ3) is 4.11. The minimum Gasteiger partial charge on any atom is -0.378 e. The van der Waals surface area contributed by atoms with Gasteiger partial charge in [-0.2, -0.15) is 9.29 Å². The lowest BCUT2D eigenvalue weighted by Crippen LogP contribution is -2.49. The summed E-state index contributed by atoms with van der Waals surface area (Å²) in [6, 6.07) is 1.65. The summed E-state index contributed by atoms with van der Waals surface area (Å²) in [5, 5.41) is 4.08. The molecule has 0 unspecified atom stereocenters. The van der Waals surface area contributed by atoms with Gasteiger partial charge in [0.1, 0.15) is 0 Å². The minimum absolute atomic E-state index is 0.0336. The molecule has 0 aromatic carbocycles. The van der Waals surface area contributed by atoms with Gasteiger partial charge in [-0.3, -0.25) is 4.79 Å². The lowest BCUT2D eigenvalue weighted by molar-refractivity contribution is -0.140. The van der Waals surface area contributed by atoms with E-state index in [9.17, 15) is 13.2 Å². The molecule has 11 heteroatoms. The maximum absolute atomic E-state index is 13.5. The number of piperidine rings is 1. The number of hydrogen-bond donors (Lipinski definition) is 0. The number of nitrogens with zero attached hydrogens (tertiary/aromatic N) is 4. The molecule has 0 spiro atoms. The summed E-state index contributed by atoms with van der Waals surface area (Å²) in [6.07, 6.45) is 4.68. The Morgan fingerprint density at radius 2 is 1.94 bits per heavy atom. The molecule has 2 aliphatic heterocycles. The molecule has 4 heterocycles. The second-order valence-electron chi connectivity index (χ2n) is 8.75. The highest BCUT2D eigenvalue weighted by molar-refractivity contribution is 7.89. The van der Waals surface area contributed by atoms with E-state index in [-0.39, 0.29) is 23.3 Å². The number of hydrogen-bond acceptors (Lipinski definition) is 8. The van der Waals surface area contributed by atoms with Crippen LogP contribution in [0.2, 0.25) is 0 Å². The molecule has 3 fully saturated rings. The number of aromatic nitrogens is 2. The van der Waals surface area contributed by atoms with Crippen LogP contribution in [0.25, 0.3) is 10.7 Å². The summed E-state index contributed by atoms with van der Waals surface area (Å²) < 4.78 is 39.2. The molecular weight excluding hydrogens is 452 g/mol. The number of carbonyl (C=O) groups excluding carboxylic acids is 1. The second kappa shape index (κ2) is 8.85. The van der Waals surface area contributed by atoms with Crippen LogP contribution in [0.1, 0.15) is 48.8 Å². The van der Waals surface area contributed by atoms with Gasteiger partial charge in [0, 0.05) is 37.0 Å². The number of amides is 1. The third-order valence-corrected chi connectivity index (χ3v) is 9.83. The van der Waals surface area contributed by atoms with Gasteiger partial charge >= 0.3 is 0 Å². The highest BCUT2D eigenvalue weighted by Gasteiger charge is 2.37. The number of thiophene rings is 1. The molecule has 3 aliphatic rings. The Labute approximate surface area is 191 Å². The summed E-state index contributed by atoms with van der Waals surface area (Å²) in [6.45, 7) is 4.66. The van der Waals surface area contributed by atoms with Gasteiger partial charge in [-0.1, -0.05) is 11.6 Å². The van der Waals surface area contributed by atoms with Crippen LogP contribution in [0.3, 0.4) is 0 Å². The number of carbonyl (C=O) groups is 1. The van der Waals surface area contributed by atoms with Crippen LogP contribution >= 0.6 is 11.3 Å². The van der Waals surface area contributed by atoms with E-state index in [0.717, 1.165) is 12.8 Å². The van der Waals surface area contributed by atoms with E-state index < -0.39 is 10.0 Å². The molecule has 1 saturated carbocycles. The third-order valence-electron chi connectivity index (χ3n) is 6.66. The lowest BCUT2D eigenvalue weighted by Gasteiger charge is -2.35. The molecule has 0 N–H and O–H groups in total. The van der Waals surface area contributed by atoms with Gasteiger partial charge in [-0.25, -0.2) is 8.42 Å². The summed E-state index contributed by atoms with van der Waals surface area (Å²) in [5.74, 6) is 1.14. The van der Waals surface area contributed by atoms with E-state index in [1.165, 1.54) is 22.1 Å². The first kappa shape index (κ1) is 22.0. The fourth-order valence-electron chi connectivity index (χ4n) is 4.53.